The first-order valence-electron chi connectivity index (χ1n) is 8.47. The fraction of sp³-hybridized carbons (Fsp3) is 0.579. The van der Waals surface area contributed by atoms with Crippen molar-refractivity contribution in [1.29, 1.82) is 0 Å². The molecule has 0 unspecified atom stereocenters. The van der Waals surface area contributed by atoms with Crippen molar-refractivity contribution in [2.45, 2.75) is 38.6 Å². The summed E-state index contributed by atoms with van der Waals surface area (Å²) in [5.74, 6) is 0.131. The maximum Gasteiger partial charge on any atom is 0.309 e. The second kappa shape index (κ2) is 4.83. The van der Waals surface area contributed by atoms with Crippen molar-refractivity contribution >= 4 is 11.9 Å². The van der Waals surface area contributed by atoms with Crippen LogP contribution in [0.4, 0.5) is 0 Å². The van der Waals surface area contributed by atoms with Gasteiger partial charge in [0.2, 0.25) is 5.91 Å². The molecule has 1 aliphatic carbocycles. The van der Waals surface area contributed by atoms with E-state index in [1.54, 1.807) is 0 Å². The Morgan fingerprint density at radius 1 is 1.39 bits per heavy atom. The van der Waals surface area contributed by atoms with Gasteiger partial charge in [-0.3, -0.25) is 9.59 Å². The quantitative estimate of drug-likeness (QED) is 0.748. The van der Waals surface area contributed by atoms with Crippen molar-refractivity contribution in [2.24, 2.45) is 17.8 Å². The summed E-state index contributed by atoms with van der Waals surface area (Å²) in [6, 6.07) is 6.57. The molecule has 1 aromatic carbocycles. The van der Waals surface area contributed by atoms with Crippen molar-refractivity contribution in [3.8, 4) is 0 Å². The molecule has 4 nitrogen and oxygen atoms in total. The number of aryl methyl sites for hydroxylation is 1. The number of hydrogen-bond acceptors (Lipinski definition) is 3. The van der Waals surface area contributed by atoms with Gasteiger partial charge in [-0.1, -0.05) is 30.7 Å². The largest absolute Gasteiger partial charge is 0.469 e. The number of amides is 1. The van der Waals surface area contributed by atoms with E-state index in [4.69, 9.17) is 4.74 Å². The average molecular weight is 313 g/mol. The second-order valence-corrected chi connectivity index (χ2v) is 7.42. The number of ether oxygens (including phenoxy) is 1. The van der Waals surface area contributed by atoms with E-state index < -0.39 is 0 Å². The van der Waals surface area contributed by atoms with Crippen LogP contribution in [-0.2, 0) is 26.3 Å². The van der Waals surface area contributed by atoms with Crippen LogP contribution in [0.25, 0.3) is 0 Å². The van der Waals surface area contributed by atoms with E-state index in [1.165, 1.54) is 23.8 Å². The lowest BCUT2D eigenvalue weighted by molar-refractivity contribution is -0.148. The van der Waals surface area contributed by atoms with E-state index in [-0.39, 0.29) is 35.2 Å². The van der Waals surface area contributed by atoms with Crippen LogP contribution in [0.3, 0.4) is 0 Å². The van der Waals surface area contributed by atoms with Gasteiger partial charge in [-0.2, -0.15) is 0 Å². The Morgan fingerprint density at radius 2 is 2.17 bits per heavy atom. The zero-order valence-corrected chi connectivity index (χ0v) is 14.0. The molecule has 2 heterocycles. The molecule has 0 radical (unpaired) electrons. The van der Waals surface area contributed by atoms with E-state index in [0.29, 0.717) is 6.42 Å². The molecule has 2 fully saturated rings. The third-order valence-electron chi connectivity index (χ3n) is 6.28. The van der Waals surface area contributed by atoms with Crippen LogP contribution in [0.15, 0.2) is 18.2 Å². The number of benzene rings is 1. The topological polar surface area (TPSA) is 46.6 Å². The van der Waals surface area contributed by atoms with E-state index in [2.05, 4.69) is 36.9 Å². The van der Waals surface area contributed by atoms with Crippen LogP contribution >= 0.6 is 0 Å². The minimum Gasteiger partial charge on any atom is -0.469 e. The van der Waals surface area contributed by atoms with Gasteiger partial charge in [0.25, 0.3) is 0 Å². The van der Waals surface area contributed by atoms with Gasteiger partial charge in [-0.05, 0) is 36.8 Å². The van der Waals surface area contributed by atoms with E-state index >= 15 is 0 Å². The Hall–Kier alpha value is -1.84. The summed E-state index contributed by atoms with van der Waals surface area (Å²) in [5, 5.41) is 0. The molecule has 1 saturated heterocycles. The molecule has 1 amide bonds. The molecule has 2 aliphatic heterocycles. The highest BCUT2D eigenvalue weighted by Gasteiger charge is 2.65. The average Bonchev–Trinajstić information content (AvgIpc) is 2.94. The second-order valence-electron chi connectivity index (χ2n) is 7.42. The summed E-state index contributed by atoms with van der Waals surface area (Å²) < 4.78 is 5.06. The number of carbonyl (C=O) groups is 2. The van der Waals surface area contributed by atoms with E-state index in [1.807, 2.05) is 0 Å². The molecule has 23 heavy (non-hydrogen) atoms. The molecule has 1 saturated carbocycles. The first-order valence-corrected chi connectivity index (χ1v) is 8.47. The van der Waals surface area contributed by atoms with Crippen LogP contribution in [0, 0.1) is 24.7 Å². The molecule has 3 aliphatic rings. The lowest BCUT2D eigenvalue weighted by Crippen LogP contribution is -2.49. The molecule has 1 aromatic rings. The highest BCUT2D eigenvalue weighted by molar-refractivity contribution is 5.84. The number of methoxy groups -OCH3 is 1. The van der Waals surface area contributed by atoms with E-state index in [0.717, 1.165) is 19.4 Å². The summed E-state index contributed by atoms with van der Waals surface area (Å²) >= 11 is 0. The third-order valence-corrected chi connectivity index (χ3v) is 6.28. The Labute approximate surface area is 136 Å². The SMILES string of the molecule is COC(=O)[C@@H]1[C@@H](C)C[C@@]23c4ccc(C)cc4CCN2C(=O)C[C@@H]13. The molecule has 4 rings (SSSR count). The van der Waals surface area contributed by atoms with E-state index in [9.17, 15) is 9.59 Å². The van der Waals surface area contributed by atoms with Gasteiger partial charge >= 0.3 is 5.97 Å². The highest BCUT2D eigenvalue weighted by atomic mass is 16.5. The fourth-order valence-electron chi connectivity index (χ4n) is 5.49. The maximum absolute atomic E-state index is 12.6. The van der Waals surface area contributed by atoms with Gasteiger partial charge in [0.15, 0.2) is 0 Å². The maximum atomic E-state index is 12.6. The van der Waals surface area contributed by atoms with Crippen molar-refractivity contribution in [3.05, 3.63) is 34.9 Å². The predicted molar refractivity (Wildman–Crippen MR) is 85.7 cm³/mol. The normalized spacial score (nSPS) is 34.8. The van der Waals surface area contributed by atoms with Crippen molar-refractivity contribution in [2.75, 3.05) is 13.7 Å². The molecular weight excluding hydrogens is 290 g/mol. The minimum atomic E-state index is -0.295. The lowest BCUT2D eigenvalue weighted by Gasteiger charge is -2.44. The standard InChI is InChI=1S/C19H23NO3/c1-11-4-5-14-13(8-11)6-7-20-16(21)9-15-17(18(22)23-3)12(2)10-19(14,15)20/h4-5,8,12,15,17H,6-7,9-10H2,1-3H3/t12-,15-,17+,19-/m0/s1. The number of hydrogen-bond donors (Lipinski definition) is 0. The number of carbonyl (C=O) groups excluding carboxylic acids is 2. The molecule has 4 heteroatoms. The number of rotatable bonds is 1. The molecule has 122 valence electrons. The molecule has 0 aromatic heterocycles. The zero-order valence-electron chi connectivity index (χ0n) is 14.0. The monoisotopic (exact) mass is 313 g/mol. The van der Waals surface area contributed by atoms with Crippen LogP contribution in [-0.4, -0.2) is 30.4 Å². The van der Waals surface area contributed by atoms with Crippen molar-refractivity contribution in [3.63, 3.8) is 0 Å². The minimum absolute atomic E-state index is 0.0409. The highest BCUT2D eigenvalue weighted by Crippen LogP contribution is 2.60. The number of esters is 1. The van der Waals surface area contributed by atoms with Gasteiger partial charge in [0, 0.05) is 18.9 Å². The summed E-state index contributed by atoms with van der Waals surface area (Å²) in [7, 11) is 1.45. The summed E-state index contributed by atoms with van der Waals surface area (Å²) in [6.07, 6.45) is 2.24. The lowest BCUT2D eigenvalue weighted by atomic mass is 9.74. The van der Waals surface area contributed by atoms with Gasteiger partial charge < -0.3 is 9.64 Å². The Morgan fingerprint density at radius 3 is 2.91 bits per heavy atom. The zero-order chi connectivity index (χ0) is 16.4. The first-order chi connectivity index (χ1) is 11.0. The van der Waals surface area contributed by atoms with Crippen molar-refractivity contribution in [1.82, 2.24) is 4.90 Å². The molecule has 4 atom stereocenters. The molecule has 0 bridgehead atoms. The molecular formula is C19H23NO3. The molecule has 1 spiro atoms. The van der Waals surface area contributed by atoms with Crippen LogP contribution in [0.2, 0.25) is 0 Å². The van der Waals surface area contributed by atoms with Gasteiger partial charge in [0.1, 0.15) is 0 Å². The van der Waals surface area contributed by atoms with Gasteiger partial charge in [-0.25, -0.2) is 0 Å². The van der Waals surface area contributed by atoms with Crippen LogP contribution in [0.1, 0.15) is 36.5 Å². The van der Waals surface area contributed by atoms with Gasteiger partial charge in [-0.15, -0.1) is 0 Å². The van der Waals surface area contributed by atoms with Crippen molar-refractivity contribution < 1.29 is 14.3 Å². The molecule has 0 N–H and O–H groups in total. The number of nitrogens with zero attached hydrogens (tertiary/aromatic N) is 1. The Balaban J connectivity index is 1.89. The number of fused-ring (bicyclic) bond motifs is 1. The third kappa shape index (κ3) is 1.78. The van der Waals surface area contributed by atoms with Gasteiger partial charge in [0.05, 0.1) is 18.6 Å². The smallest absolute Gasteiger partial charge is 0.309 e. The Bertz CT molecular complexity index is 698. The first kappa shape index (κ1) is 14.7. The van der Waals surface area contributed by atoms with Crippen LogP contribution in [0.5, 0.6) is 0 Å². The summed E-state index contributed by atoms with van der Waals surface area (Å²) in [6.45, 7) is 5.00. The van der Waals surface area contributed by atoms with Crippen LogP contribution < -0.4 is 0 Å². The Kier molecular flexibility index (Phi) is 3.09. The summed E-state index contributed by atoms with van der Waals surface area (Å²) in [5.41, 5.74) is 3.57. The predicted octanol–water partition coefficient (Wildman–Crippen LogP) is 2.42. The fourth-order valence-corrected chi connectivity index (χ4v) is 5.49. The summed E-state index contributed by atoms with van der Waals surface area (Å²) in [4.78, 5) is 27.1.